The third-order valence-corrected chi connectivity index (χ3v) is 5.35. The van der Waals surface area contributed by atoms with Gasteiger partial charge in [-0.1, -0.05) is 23.7 Å². The van der Waals surface area contributed by atoms with E-state index in [0.29, 0.717) is 17.9 Å². The number of hydrogen-bond donors (Lipinski definition) is 1. The molecule has 1 fully saturated rings. The molecular weight excluding hydrogens is 450 g/mol. The monoisotopic (exact) mass is 473 g/mol. The number of halogens is 1. The second kappa shape index (κ2) is 10.5. The minimum Gasteiger partial charge on any atom is -0.507 e. The smallest absolute Gasteiger partial charge is 0.308 e. The Kier molecular flexibility index (Phi) is 7.73. The molecule has 3 rings (SSSR count). The number of rotatable bonds is 8. The Morgan fingerprint density at radius 3 is 2.58 bits per heavy atom. The van der Waals surface area contributed by atoms with Gasteiger partial charge in [-0.05, 0) is 42.8 Å². The third kappa shape index (κ3) is 5.18. The lowest BCUT2D eigenvalue weighted by Gasteiger charge is -2.25. The molecule has 1 atom stereocenters. The summed E-state index contributed by atoms with van der Waals surface area (Å²) in [5, 5.41) is 11.4. The first-order chi connectivity index (χ1) is 15.8. The zero-order chi connectivity index (χ0) is 24.1. The highest BCUT2D eigenvalue weighted by Gasteiger charge is 2.46. The van der Waals surface area contributed by atoms with Crippen LogP contribution < -0.4 is 9.47 Å². The number of methoxy groups -OCH3 is 1. The second-order valence-electron chi connectivity index (χ2n) is 7.23. The Morgan fingerprint density at radius 1 is 1.15 bits per heavy atom. The van der Waals surface area contributed by atoms with Crippen molar-refractivity contribution < 1.29 is 33.7 Å². The summed E-state index contributed by atoms with van der Waals surface area (Å²) in [7, 11) is 1.48. The normalized spacial score (nSPS) is 17.3. The molecule has 2 aromatic rings. The molecule has 2 aromatic carbocycles. The molecule has 1 aliphatic heterocycles. The molecule has 1 unspecified atom stereocenters. The number of esters is 1. The van der Waals surface area contributed by atoms with Gasteiger partial charge < -0.3 is 24.2 Å². The van der Waals surface area contributed by atoms with E-state index in [1.807, 2.05) is 6.92 Å². The van der Waals surface area contributed by atoms with E-state index in [-0.39, 0.29) is 35.1 Å². The van der Waals surface area contributed by atoms with Crippen molar-refractivity contribution in [1.29, 1.82) is 0 Å². The van der Waals surface area contributed by atoms with E-state index in [9.17, 15) is 19.5 Å². The van der Waals surface area contributed by atoms with Crippen molar-refractivity contribution in [2.45, 2.75) is 19.9 Å². The van der Waals surface area contributed by atoms with Gasteiger partial charge in [-0.25, -0.2) is 0 Å². The van der Waals surface area contributed by atoms with E-state index < -0.39 is 29.5 Å². The van der Waals surface area contributed by atoms with Crippen LogP contribution in [0.2, 0.25) is 5.02 Å². The number of likely N-dealkylation sites (tertiary alicyclic amines) is 1. The predicted octanol–water partition coefficient (Wildman–Crippen LogP) is 3.73. The average Bonchev–Trinajstić information content (AvgIpc) is 3.03. The second-order valence-corrected chi connectivity index (χ2v) is 7.63. The van der Waals surface area contributed by atoms with E-state index in [2.05, 4.69) is 0 Å². The van der Waals surface area contributed by atoms with E-state index in [1.54, 1.807) is 36.4 Å². The summed E-state index contributed by atoms with van der Waals surface area (Å²) < 4.78 is 15.7. The fourth-order valence-electron chi connectivity index (χ4n) is 3.65. The maximum atomic E-state index is 13.1. The Bertz CT molecular complexity index is 1110. The van der Waals surface area contributed by atoms with Crippen LogP contribution >= 0.6 is 11.6 Å². The van der Waals surface area contributed by atoms with Gasteiger partial charge in [-0.15, -0.1) is 0 Å². The van der Waals surface area contributed by atoms with Crippen LogP contribution in [0, 0.1) is 0 Å². The number of ketones is 1. The van der Waals surface area contributed by atoms with E-state index in [0.717, 1.165) is 0 Å². The molecule has 1 N–H and O–H groups in total. The third-order valence-electron chi connectivity index (χ3n) is 5.02. The van der Waals surface area contributed by atoms with Crippen molar-refractivity contribution >= 4 is 35.0 Å². The lowest BCUT2D eigenvalue weighted by Crippen LogP contribution is -2.32. The molecule has 0 saturated carbocycles. The van der Waals surface area contributed by atoms with E-state index >= 15 is 0 Å². The van der Waals surface area contributed by atoms with Gasteiger partial charge in [-0.3, -0.25) is 14.4 Å². The van der Waals surface area contributed by atoms with Crippen molar-refractivity contribution in [1.82, 2.24) is 4.90 Å². The summed E-state index contributed by atoms with van der Waals surface area (Å²) in [4.78, 5) is 38.7. The van der Waals surface area contributed by atoms with Gasteiger partial charge in [0.15, 0.2) is 0 Å². The zero-order valence-corrected chi connectivity index (χ0v) is 19.2. The molecule has 1 aliphatic rings. The van der Waals surface area contributed by atoms with Gasteiger partial charge in [0, 0.05) is 26.1 Å². The number of amides is 1. The van der Waals surface area contributed by atoms with Crippen LogP contribution in [0.1, 0.15) is 31.0 Å². The number of aliphatic hydroxyl groups is 1. The van der Waals surface area contributed by atoms with Crippen LogP contribution in [0.5, 0.6) is 11.5 Å². The number of Topliss-reactive ketones (excluding diaryl/α,β-unsaturated/α-hetero) is 1. The molecule has 174 valence electrons. The predicted molar refractivity (Wildman–Crippen MR) is 121 cm³/mol. The molecule has 8 nitrogen and oxygen atoms in total. The Hall–Kier alpha value is -3.36. The lowest BCUT2D eigenvalue weighted by molar-refractivity contribution is -0.140. The fraction of sp³-hybridized carbons (Fsp3) is 0.292. The minimum atomic E-state index is -0.942. The molecule has 0 aliphatic carbocycles. The Morgan fingerprint density at radius 2 is 1.91 bits per heavy atom. The Labute approximate surface area is 196 Å². The average molecular weight is 474 g/mol. The molecular formula is C24H24ClNO7. The fourth-order valence-corrected chi connectivity index (χ4v) is 3.86. The van der Waals surface area contributed by atoms with Crippen molar-refractivity contribution in [3.63, 3.8) is 0 Å². The maximum Gasteiger partial charge on any atom is 0.308 e. The number of nitrogens with zero attached hydrogens (tertiary/aromatic N) is 1. The number of benzene rings is 2. The maximum absolute atomic E-state index is 13.1. The van der Waals surface area contributed by atoms with Gasteiger partial charge in [0.05, 0.1) is 29.9 Å². The lowest BCUT2D eigenvalue weighted by atomic mass is 9.95. The highest BCUT2D eigenvalue weighted by atomic mass is 35.5. The number of hydrogen-bond acceptors (Lipinski definition) is 7. The number of carbonyl (C=O) groups is 3. The Balaban J connectivity index is 2.19. The summed E-state index contributed by atoms with van der Waals surface area (Å²) in [5.41, 5.74) is 0.503. The van der Waals surface area contributed by atoms with Gasteiger partial charge in [0.1, 0.15) is 17.3 Å². The molecule has 1 saturated heterocycles. The first-order valence-corrected chi connectivity index (χ1v) is 10.6. The minimum absolute atomic E-state index is 0.104. The molecule has 0 aromatic heterocycles. The first kappa shape index (κ1) is 24.3. The van der Waals surface area contributed by atoms with Crippen molar-refractivity contribution in [2.24, 2.45) is 0 Å². The molecule has 9 heteroatoms. The van der Waals surface area contributed by atoms with Crippen molar-refractivity contribution in [3.05, 3.63) is 64.2 Å². The molecule has 0 bridgehead atoms. The summed E-state index contributed by atoms with van der Waals surface area (Å²) in [6.45, 7) is 3.75. The van der Waals surface area contributed by atoms with Crippen LogP contribution in [-0.4, -0.2) is 54.5 Å². The van der Waals surface area contributed by atoms with Crippen molar-refractivity contribution in [2.75, 3.05) is 26.9 Å². The summed E-state index contributed by atoms with van der Waals surface area (Å²) in [6.07, 6.45) is 0. The van der Waals surface area contributed by atoms with Crippen LogP contribution in [0.4, 0.5) is 0 Å². The van der Waals surface area contributed by atoms with Crippen molar-refractivity contribution in [3.8, 4) is 11.5 Å². The van der Waals surface area contributed by atoms with Gasteiger partial charge in [0.2, 0.25) is 0 Å². The number of ether oxygens (including phenoxy) is 3. The van der Waals surface area contributed by atoms with Gasteiger partial charge in [-0.2, -0.15) is 0 Å². The largest absolute Gasteiger partial charge is 0.507 e. The van der Waals surface area contributed by atoms with E-state index in [4.69, 9.17) is 25.8 Å². The number of carbonyl (C=O) groups excluding carboxylic acids is 3. The summed E-state index contributed by atoms with van der Waals surface area (Å²) in [5.74, 6) is -1.89. The van der Waals surface area contributed by atoms with Crippen LogP contribution in [0.25, 0.3) is 5.76 Å². The van der Waals surface area contributed by atoms with Gasteiger partial charge in [0.25, 0.3) is 11.7 Å². The van der Waals surface area contributed by atoms with Crippen LogP contribution in [0.15, 0.2) is 48.0 Å². The SMILES string of the molecule is CCOc1ccc(Cl)c(/C(O)=C2\C(=O)C(=O)N(CCOC)C2c2cccc(OC(C)=O)c2)c1. The van der Waals surface area contributed by atoms with Crippen LogP contribution in [-0.2, 0) is 19.1 Å². The number of aliphatic hydroxyl groups excluding tert-OH is 1. The zero-order valence-electron chi connectivity index (χ0n) is 18.5. The standard InChI is InChI=1S/C24H24ClNO7/c1-4-32-16-8-9-19(25)18(13-16)22(28)20-21(26(10-11-31-3)24(30)23(20)29)15-6-5-7-17(12-15)33-14(2)27/h5-9,12-13,21,28H,4,10-11H2,1-3H3/b22-20+. The highest BCUT2D eigenvalue weighted by molar-refractivity contribution is 6.47. The van der Waals surface area contributed by atoms with Gasteiger partial charge >= 0.3 is 5.97 Å². The topological polar surface area (TPSA) is 102 Å². The quantitative estimate of drug-likeness (QED) is 0.205. The molecule has 1 amide bonds. The summed E-state index contributed by atoms with van der Waals surface area (Å²) >= 11 is 6.31. The molecule has 33 heavy (non-hydrogen) atoms. The highest BCUT2D eigenvalue weighted by Crippen LogP contribution is 2.41. The molecule has 0 radical (unpaired) electrons. The van der Waals surface area contributed by atoms with E-state index in [1.165, 1.54) is 25.0 Å². The summed E-state index contributed by atoms with van der Waals surface area (Å²) in [6, 6.07) is 10.2. The molecule has 1 heterocycles. The first-order valence-electron chi connectivity index (χ1n) is 10.3. The molecule has 0 spiro atoms. The van der Waals surface area contributed by atoms with Crippen LogP contribution in [0.3, 0.4) is 0 Å².